The van der Waals surface area contributed by atoms with Crippen molar-refractivity contribution in [2.24, 2.45) is 0 Å². The van der Waals surface area contributed by atoms with Gasteiger partial charge in [-0.1, -0.05) is 336 Å². The van der Waals surface area contributed by atoms with E-state index in [1.54, 1.807) is 0 Å². The van der Waals surface area contributed by atoms with Crippen LogP contribution in [0, 0.1) is 0 Å². The van der Waals surface area contributed by atoms with Crippen molar-refractivity contribution in [3.05, 3.63) is 145 Å². The number of nitrogens with one attached hydrogen (secondary N) is 2. The van der Waals surface area contributed by atoms with E-state index in [9.17, 15) is 0 Å². The quantitative estimate of drug-likeness (QED) is 0.0294. The van der Waals surface area contributed by atoms with Gasteiger partial charge in [0.1, 0.15) is 26.2 Å². The van der Waals surface area contributed by atoms with Crippen molar-refractivity contribution in [2.45, 2.75) is 413 Å². The van der Waals surface area contributed by atoms with Gasteiger partial charge >= 0.3 is 0 Å². The van der Waals surface area contributed by atoms with E-state index in [4.69, 9.17) is 9.97 Å². The Labute approximate surface area is 683 Å². The Kier molecular flexibility index (Phi) is 44.3. The molecule has 0 amide bonds. The molecule has 0 saturated heterocycles. The number of hydrogen-bond acceptors (Lipinski definition) is 2. The molecule has 7 aromatic rings. The zero-order chi connectivity index (χ0) is 77.8. The highest BCUT2D eigenvalue weighted by atomic mass is 15.0. The number of H-pyrrole nitrogens is 2. The van der Waals surface area contributed by atoms with Crippen LogP contribution >= 0.6 is 0 Å². The fraction of sp³-hybridized carbons (Fsp3) is 0.615. The van der Waals surface area contributed by atoms with Crippen molar-refractivity contribution < 1.29 is 18.3 Å². The lowest BCUT2D eigenvalue weighted by Crippen LogP contribution is -2.36. The predicted octanol–water partition coefficient (Wildman–Crippen LogP) is 30.4. The molecule has 0 saturated carbocycles. The van der Waals surface area contributed by atoms with Crippen molar-refractivity contribution in [1.29, 1.82) is 0 Å². The molecule has 8 nitrogen and oxygen atoms in total. The first kappa shape index (κ1) is 89.1. The Morgan fingerprint density at radius 1 is 0.196 bits per heavy atom. The van der Waals surface area contributed by atoms with Crippen LogP contribution < -0.4 is 18.3 Å². The average Bonchev–Trinajstić information content (AvgIpc) is 1.60. The van der Waals surface area contributed by atoms with Gasteiger partial charge in [-0.05, 0) is 98.5 Å². The van der Waals surface area contributed by atoms with Crippen LogP contribution in [0.2, 0.25) is 0 Å². The number of hydrogen-bond donors (Lipinski definition) is 2. The molecular formula is C104H158N8+4. The van der Waals surface area contributed by atoms with Crippen LogP contribution in [0.5, 0.6) is 0 Å². The number of aromatic amines is 2. The van der Waals surface area contributed by atoms with Crippen molar-refractivity contribution in [1.82, 2.24) is 19.9 Å². The van der Waals surface area contributed by atoms with Crippen molar-refractivity contribution in [2.75, 3.05) is 0 Å². The summed E-state index contributed by atoms with van der Waals surface area (Å²) < 4.78 is 10.1. The minimum atomic E-state index is 0.950. The van der Waals surface area contributed by atoms with Gasteiger partial charge in [-0.25, -0.2) is 9.97 Å². The zero-order valence-electron chi connectivity index (χ0n) is 72.0. The minimum Gasteiger partial charge on any atom is -0.354 e. The van der Waals surface area contributed by atoms with Crippen LogP contribution in [0.4, 0.5) is 0 Å². The minimum absolute atomic E-state index is 0.950. The van der Waals surface area contributed by atoms with E-state index >= 15 is 0 Å². The molecule has 610 valence electrons. The van der Waals surface area contributed by atoms with Crippen LogP contribution in [0.25, 0.3) is 91.4 Å². The number of pyridine rings is 4. The maximum absolute atomic E-state index is 5.95. The predicted molar refractivity (Wildman–Crippen MR) is 483 cm³/mol. The van der Waals surface area contributed by atoms with Gasteiger partial charge in [-0.2, -0.15) is 18.3 Å². The smallest absolute Gasteiger partial charge is 0.216 e. The van der Waals surface area contributed by atoms with E-state index < -0.39 is 0 Å². The molecule has 8 bridgehead atoms. The monoisotopic (exact) mass is 1520 g/mol. The fourth-order valence-electron chi connectivity index (χ4n) is 17.8. The van der Waals surface area contributed by atoms with Gasteiger partial charge in [-0.15, -0.1) is 0 Å². The summed E-state index contributed by atoms with van der Waals surface area (Å²) in [6.45, 7) is 13.1. The fourth-order valence-corrected chi connectivity index (χ4v) is 17.8. The van der Waals surface area contributed by atoms with Crippen LogP contribution in [0.3, 0.4) is 0 Å². The largest absolute Gasteiger partial charge is 0.354 e. The van der Waals surface area contributed by atoms with E-state index in [-0.39, 0.29) is 0 Å². The molecule has 8 heteroatoms. The highest BCUT2D eigenvalue weighted by Gasteiger charge is 2.28. The third-order valence-electron chi connectivity index (χ3n) is 24.6. The first-order valence-electron chi connectivity index (χ1n) is 47.7. The number of aromatic nitrogens is 8. The number of unbranched alkanes of at least 4 members (excludes halogenated alkanes) is 52. The normalized spacial score (nSPS) is 12.0. The van der Waals surface area contributed by atoms with E-state index in [0.29, 0.717) is 0 Å². The summed E-state index contributed by atoms with van der Waals surface area (Å²) in [5, 5.41) is 0. The third kappa shape index (κ3) is 31.4. The Balaban J connectivity index is 1.07. The lowest BCUT2D eigenvalue weighted by molar-refractivity contribution is -0.686. The second kappa shape index (κ2) is 55.7. The van der Waals surface area contributed by atoms with E-state index in [1.807, 2.05) is 0 Å². The molecule has 0 unspecified atom stereocenters. The van der Waals surface area contributed by atoms with Crippen LogP contribution in [-0.2, 0) is 26.2 Å². The van der Waals surface area contributed by atoms with Crippen LogP contribution in [0.1, 0.15) is 410 Å². The summed E-state index contributed by atoms with van der Waals surface area (Å²) >= 11 is 0. The van der Waals surface area contributed by atoms with Gasteiger partial charge in [0.2, 0.25) is 22.8 Å². The molecule has 0 aromatic carbocycles. The van der Waals surface area contributed by atoms with Gasteiger partial charge < -0.3 is 9.97 Å². The molecule has 7 aromatic heterocycles. The van der Waals surface area contributed by atoms with E-state index in [0.717, 1.165) is 119 Å². The van der Waals surface area contributed by atoms with Crippen LogP contribution in [-0.4, -0.2) is 19.9 Å². The van der Waals surface area contributed by atoms with Crippen LogP contribution in [0.15, 0.2) is 122 Å². The molecule has 9 heterocycles. The molecule has 9 rings (SSSR count). The van der Waals surface area contributed by atoms with E-state index in [1.165, 1.54) is 357 Å². The van der Waals surface area contributed by atoms with Gasteiger partial charge in [0, 0.05) is 74.2 Å². The summed E-state index contributed by atoms with van der Waals surface area (Å²) in [7, 11) is 0. The van der Waals surface area contributed by atoms with Crippen molar-refractivity contribution >= 4 is 46.4 Å². The van der Waals surface area contributed by atoms with Gasteiger partial charge in [0.15, 0.2) is 24.8 Å². The summed E-state index contributed by atoms with van der Waals surface area (Å²) in [6, 6.07) is 36.6. The standard InChI is InChI=1S/C104H157N8/c1-5-9-13-17-21-25-29-33-37-41-45-49-53-61-81-109-85-65-57-69-97(109)101-89-73-75-91(105-89)102(98-70-58-66-86-110(98)82-62-54-50-46-42-38-34-30-26-22-18-14-10-6-2)93-77-79-95(107-93)104(100-72-60-68-88-112(100)84-64-56-52-48-44-40-36-32-28-24-20-16-12-8-4)96-80-78-94(108-96)103(92-76-74-90(101)106-92)99-71-59-67-87-111(99)83-63-55-51-47-43-39-35-31-27-23-19-15-11-7-3/h57-60,65-80,85-88H,5-56,61-64,81-84H2,1-4H3,(H,105,106,107,108)/q+3/p+1. The highest BCUT2D eigenvalue weighted by molar-refractivity contribution is 5.97. The molecule has 112 heavy (non-hydrogen) atoms. The number of aryl methyl sites for hydroxylation is 4. The van der Waals surface area contributed by atoms with Gasteiger partial charge in [0.25, 0.3) is 0 Å². The second-order valence-electron chi connectivity index (χ2n) is 34.0. The highest BCUT2D eigenvalue weighted by Crippen LogP contribution is 2.38. The molecule has 0 spiro atoms. The lowest BCUT2D eigenvalue weighted by Gasteiger charge is -2.08. The lowest BCUT2D eigenvalue weighted by atomic mass is 10.0. The number of fused-ring (bicyclic) bond motifs is 8. The molecule has 2 aliphatic rings. The molecule has 0 radical (unpaired) electrons. The first-order valence-corrected chi connectivity index (χ1v) is 47.7. The first-order chi connectivity index (χ1) is 55.6. The molecule has 0 aliphatic carbocycles. The Bertz CT molecular complexity index is 3430. The molecule has 2 aliphatic heterocycles. The van der Waals surface area contributed by atoms with Gasteiger partial charge in [-0.3, -0.25) is 0 Å². The number of rotatable bonds is 64. The zero-order valence-corrected chi connectivity index (χ0v) is 72.0. The Morgan fingerprint density at radius 2 is 0.357 bits per heavy atom. The van der Waals surface area contributed by atoms with Crippen molar-refractivity contribution in [3.63, 3.8) is 0 Å². The second-order valence-corrected chi connectivity index (χ2v) is 34.0. The van der Waals surface area contributed by atoms with E-state index in [2.05, 4.69) is 202 Å². The third-order valence-corrected chi connectivity index (χ3v) is 24.6. The Hall–Kier alpha value is -6.80. The molecule has 0 atom stereocenters. The number of nitrogens with zero attached hydrogens (tertiary/aromatic N) is 6. The average molecular weight is 1520 g/mol. The molecular weight excluding hydrogens is 1360 g/mol. The maximum atomic E-state index is 5.95. The van der Waals surface area contributed by atoms with Gasteiger partial charge in [0.05, 0.1) is 67.1 Å². The Morgan fingerprint density at radius 3 is 0.527 bits per heavy atom. The topological polar surface area (TPSA) is 72.9 Å². The van der Waals surface area contributed by atoms with Crippen molar-refractivity contribution in [3.8, 4) is 45.0 Å². The summed E-state index contributed by atoms with van der Waals surface area (Å²) in [6.07, 6.45) is 94.3. The summed E-state index contributed by atoms with van der Waals surface area (Å²) in [4.78, 5) is 20.3. The summed E-state index contributed by atoms with van der Waals surface area (Å²) in [5.41, 5.74) is 17.3. The molecule has 0 fully saturated rings. The molecule has 2 N–H and O–H groups in total. The maximum Gasteiger partial charge on any atom is 0.216 e. The SMILES string of the molecule is CCCCCCCCCCCCCCCC[n+]1ccccc1-c1c2nc(c(-c3cccc[n+]3CCCCCCCCCCCCCCCC)c3ccc([nH]3)c(-c3cccc[n+]3CCCCCCCCCCCCCCCC)c3nc(c(-c4cccc[n+]4CCCCCCCCCCCCCCCC)c4ccc1[nH]4)C=C3)C=C2. The summed E-state index contributed by atoms with van der Waals surface area (Å²) in [5.74, 6) is 0.